The molecule has 3 rings (SSSR count). The molecule has 116 valence electrons. The van der Waals surface area contributed by atoms with Crippen LogP contribution in [0.25, 0.3) is 10.9 Å². The number of benzene rings is 1. The lowest BCUT2D eigenvalue weighted by molar-refractivity contribution is 0.329. The summed E-state index contributed by atoms with van der Waals surface area (Å²) in [5.74, 6) is 0.147. The first kappa shape index (κ1) is 17.9. The van der Waals surface area contributed by atoms with Crippen molar-refractivity contribution < 1.29 is 4.39 Å². The van der Waals surface area contributed by atoms with E-state index in [4.69, 9.17) is 0 Å². The molecule has 0 unspecified atom stereocenters. The Morgan fingerprint density at radius 1 is 1.29 bits per heavy atom. The van der Waals surface area contributed by atoms with Crippen molar-refractivity contribution >= 4 is 35.7 Å². The zero-order valence-corrected chi connectivity index (χ0v) is 13.1. The Morgan fingerprint density at radius 3 is 2.71 bits per heavy atom. The van der Waals surface area contributed by atoms with E-state index in [9.17, 15) is 9.18 Å². The van der Waals surface area contributed by atoms with Crippen LogP contribution >= 0.6 is 24.8 Å². The third-order valence-corrected chi connectivity index (χ3v) is 3.70. The molecule has 0 radical (unpaired) electrons. The minimum absolute atomic E-state index is 0. The van der Waals surface area contributed by atoms with Gasteiger partial charge in [-0.05, 0) is 44.0 Å². The van der Waals surface area contributed by atoms with Gasteiger partial charge in [-0.1, -0.05) is 0 Å². The van der Waals surface area contributed by atoms with Crippen LogP contribution in [0.15, 0.2) is 29.3 Å². The summed E-state index contributed by atoms with van der Waals surface area (Å²) in [4.78, 5) is 16.5. The lowest BCUT2D eigenvalue weighted by atomic mass is 9.98. The number of hydrogen-bond donors (Lipinski definition) is 1. The maximum atomic E-state index is 13.1. The molecule has 0 atom stereocenters. The number of hydrogen-bond acceptors (Lipinski definition) is 3. The Morgan fingerprint density at radius 2 is 2.00 bits per heavy atom. The lowest BCUT2D eigenvalue weighted by Gasteiger charge is -2.23. The molecule has 1 N–H and O–H groups in total. The summed E-state index contributed by atoms with van der Waals surface area (Å²) < 4.78 is 14.7. The van der Waals surface area contributed by atoms with Crippen LogP contribution in [0.1, 0.15) is 12.8 Å². The van der Waals surface area contributed by atoms with Gasteiger partial charge < -0.3 is 5.32 Å². The van der Waals surface area contributed by atoms with Gasteiger partial charge in [-0.3, -0.25) is 9.36 Å². The van der Waals surface area contributed by atoms with Crippen molar-refractivity contribution in [3.63, 3.8) is 0 Å². The SMILES string of the molecule is Cl.Cl.O=c1c2ccc(F)cc2ncn1CC1CCNCC1. The average Bonchev–Trinajstić information content (AvgIpc) is 2.43. The predicted octanol–water partition coefficient (Wildman–Crippen LogP) is 2.38. The fraction of sp³-hybridized carbons (Fsp3) is 0.429. The van der Waals surface area contributed by atoms with Gasteiger partial charge in [-0.25, -0.2) is 9.37 Å². The smallest absolute Gasteiger partial charge is 0.261 e. The summed E-state index contributed by atoms with van der Waals surface area (Å²) in [6.45, 7) is 2.71. The first-order valence-corrected chi connectivity index (χ1v) is 6.59. The van der Waals surface area contributed by atoms with Crippen LogP contribution in [-0.2, 0) is 6.54 Å². The number of fused-ring (bicyclic) bond motifs is 1. The molecule has 1 aromatic carbocycles. The van der Waals surface area contributed by atoms with Crippen molar-refractivity contribution in [2.24, 2.45) is 5.92 Å². The van der Waals surface area contributed by atoms with E-state index in [1.165, 1.54) is 24.5 Å². The third kappa shape index (κ3) is 3.93. The molecule has 1 saturated heterocycles. The van der Waals surface area contributed by atoms with Gasteiger partial charge in [0.05, 0.1) is 17.2 Å². The van der Waals surface area contributed by atoms with Crippen LogP contribution in [0.4, 0.5) is 4.39 Å². The van der Waals surface area contributed by atoms with E-state index < -0.39 is 0 Å². The molecule has 2 aromatic rings. The van der Waals surface area contributed by atoms with Gasteiger partial charge in [0.2, 0.25) is 0 Å². The number of nitrogens with zero attached hydrogens (tertiary/aromatic N) is 2. The van der Waals surface area contributed by atoms with E-state index in [2.05, 4.69) is 10.3 Å². The summed E-state index contributed by atoms with van der Waals surface area (Å²) in [6, 6.07) is 4.12. The second-order valence-electron chi connectivity index (χ2n) is 5.06. The minimum Gasteiger partial charge on any atom is -0.317 e. The molecule has 1 aromatic heterocycles. The molecular weight excluding hydrogens is 316 g/mol. The number of piperidine rings is 1. The zero-order valence-electron chi connectivity index (χ0n) is 11.4. The standard InChI is InChI=1S/C14H16FN3O.2ClH/c15-11-1-2-12-13(7-11)17-9-18(14(12)19)8-10-3-5-16-6-4-10;;/h1-2,7,9-10,16H,3-6,8H2;2*1H. The quantitative estimate of drug-likeness (QED) is 0.917. The molecule has 4 nitrogen and oxygen atoms in total. The van der Waals surface area contributed by atoms with Gasteiger partial charge in [0.25, 0.3) is 5.56 Å². The van der Waals surface area contributed by atoms with Crippen molar-refractivity contribution in [1.29, 1.82) is 0 Å². The van der Waals surface area contributed by atoms with E-state index in [1.807, 2.05) is 0 Å². The highest BCUT2D eigenvalue weighted by atomic mass is 35.5. The fourth-order valence-electron chi connectivity index (χ4n) is 2.60. The van der Waals surface area contributed by atoms with E-state index in [0.717, 1.165) is 25.9 Å². The van der Waals surface area contributed by atoms with Gasteiger partial charge in [0, 0.05) is 12.6 Å². The molecule has 0 bridgehead atoms. The summed E-state index contributed by atoms with van der Waals surface area (Å²) in [5, 5.41) is 3.79. The van der Waals surface area contributed by atoms with Gasteiger partial charge in [0.15, 0.2) is 0 Å². The van der Waals surface area contributed by atoms with E-state index >= 15 is 0 Å². The van der Waals surface area contributed by atoms with Crippen molar-refractivity contribution in [2.75, 3.05) is 13.1 Å². The molecule has 0 amide bonds. The Kier molecular flexibility index (Phi) is 6.58. The van der Waals surface area contributed by atoms with Gasteiger partial charge >= 0.3 is 0 Å². The average molecular weight is 334 g/mol. The normalized spacial score (nSPS) is 15.3. The molecule has 7 heteroatoms. The molecule has 0 spiro atoms. The van der Waals surface area contributed by atoms with Crippen molar-refractivity contribution in [3.05, 3.63) is 40.7 Å². The summed E-state index contributed by atoms with van der Waals surface area (Å²) in [5.41, 5.74) is 0.343. The second kappa shape index (κ2) is 7.73. The van der Waals surface area contributed by atoms with Crippen molar-refractivity contribution in [2.45, 2.75) is 19.4 Å². The predicted molar refractivity (Wildman–Crippen MR) is 86.1 cm³/mol. The lowest BCUT2D eigenvalue weighted by Crippen LogP contribution is -2.32. The van der Waals surface area contributed by atoms with E-state index in [-0.39, 0.29) is 36.2 Å². The molecule has 1 aliphatic heterocycles. The van der Waals surface area contributed by atoms with Crippen LogP contribution in [0.5, 0.6) is 0 Å². The van der Waals surface area contributed by atoms with E-state index in [0.29, 0.717) is 23.4 Å². The highest BCUT2D eigenvalue weighted by Crippen LogP contribution is 2.14. The molecule has 2 heterocycles. The maximum absolute atomic E-state index is 13.1. The minimum atomic E-state index is -0.365. The molecule has 21 heavy (non-hydrogen) atoms. The topological polar surface area (TPSA) is 46.9 Å². The maximum Gasteiger partial charge on any atom is 0.261 e. The number of nitrogens with one attached hydrogen (secondary N) is 1. The Hall–Kier alpha value is -1.17. The number of halogens is 3. The first-order valence-electron chi connectivity index (χ1n) is 6.59. The summed E-state index contributed by atoms with van der Waals surface area (Å²) in [6.07, 6.45) is 3.69. The van der Waals surface area contributed by atoms with Crippen LogP contribution in [0.2, 0.25) is 0 Å². The van der Waals surface area contributed by atoms with Crippen LogP contribution in [0.3, 0.4) is 0 Å². The Bertz CT molecular complexity index is 656. The fourth-order valence-corrected chi connectivity index (χ4v) is 2.60. The van der Waals surface area contributed by atoms with E-state index in [1.54, 1.807) is 4.57 Å². The summed E-state index contributed by atoms with van der Waals surface area (Å²) >= 11 is 0. The first-order chi connectivity index (χ1) is 9.24. The van der Waals surface area contributed by atoms with Crippen LogP contribution in [0, 0.1) is 11.7 Å². The molecule has 0 aliphatic carbocycles. The Balaban J connectivity index is 0.00000110. The Labute approximate surface area is 134 Å². The van der Waals surface area contributed by atoms with Gasteiger partial charge in [-0.15, -0.1) is 24.8 Å². The van der Waals surface area contributed by atoms with Gasteiger partial charge in [-0.2, -0.15) is 0 Å². The van der Waals surface area contributed by atoms with Crippen LogP contribution < -0.4 is 10.9 Å². The van der Waals surface area contributed by atoms with Crippen molar-refractivity contribution in [1.82, 2.24) is 14.9 Å². The third-order valence-electron chi connectivity index (χ3n) is 3.70. The van der Waals surface area contributed by atoms with Crippen molar-refractivity contribution in [3.8, 4) is 0 Å². The molecule has 1 fully saturated rings. The number of rotatable bonds is 2. The highest BCUT2D eigenvalue weighted by Gasteiger charge is 2.15. The van der Waals surface area contributed by atoms with Gasteiger partial charge in [0.1, 0.15) is 5.82 Å². The molecular formula is C14H18Cl2FN3O. The monoisotopic (exact) mass is 333 g/mol. The summed E-state index contributed by atoms with van der Waals surface area (Å²) in [7, 11) is 0. The largest absolute Gasteiger partial charge is 0.317 e. The number of aromatic nitrogens is 2. The second-order valence-corrected chi connectivity index (χ2v) is 5.06. The molecule has 1 aliphatic rings. The highest BCUT2D eigenvalue weighted by molar-refractivity contribution is 5.85. The zero-order chi connectivity index (χ0) is 13.2. The van der Waals surface area contributed by atoms with Crippen LogP contribution in [-0.4, -0.2) is 22.6 Å². The molecule has 0 saturated carbocycles.